The van der Waals surface area contributed by atoms with E-state index in [9.17, 15) is 4.79 Å². The first kappa shape index (κ1) is 17.0. The summed E-state index contributed by atoms with van der Waals surface area (Å²) in [6.07, 6.45) is 0. The lowest BCUT2D eigenvalue weighted by molar-refractivity contribution is 0.0625. The summed E-state index contributed by atoms with van der Waals surface area (Å²) >= 11 is 0. The van der Waals surface area contributed by atoms with Crippen molar-refractivity contribution >= 4 is 5.91 Å². The number of methoxy groups -OCH3 is 1. The van der Waals surface area contributed by atoms with Gasteiger partial charge in [-0.05, 0) is 29.8 Å². The van der Waals surface area contributed by atoms with Crippen LogP contribution < -0.4 is 4.74 Å². The predicted octanol–water partition coefficient (Wildman–Crippen LogP) is 2.52. The number of hydrogen-bond acceptors (Lipinski definition) is 4. The maximum atomic E-state index is 12.7. The van der Waals surface area contributed by atoms with Crippen LogP contribution in [0.3, 0.4) is 0 Å². The number of rotatable bonds is 4. The van der Waals surface area contributed by atoms with Gasteiger partial charge in [0.15, 0.2) is 0 Å². The van der Waals surface area contributed by atoms with E-state index in [1.165, 1.54) is 5.56 Å². The molecule has 5 heteroatoms. The Bertz CT molecular complexity index is 772. The lowest BCUT2D eigenvalue weighted by Crippen LogP contribution is -2.48. The highest BCUT2D eigenvalue weighted by Gasteiger charge is 2.24. The third-order valence-electron chi connectivity index (χ3n) is 4.49. The Morgan fingerprint density at radius 2 is 1.76 bits per heavy atom. The van der Waals surface area contributed by atoms with E-state index in [0.717, 1.165) is 19.6 Å². The van der Waals surface area contributed by atoms with Crippen molar-refractivity contribution in [1.82, 2.24) is 9.80 Å². The molecule has 0 radical (unpaired) electrons. The van der Waals surface area contributed by atoms with Crippen molar-refractivity contribution in [3.8, 4) is 11.8 Å². The summed E-state index contributed by atoms with van der Waals surface area (Å²) in [4.78, 5) is 16.9. The van der Waals surface area contributed by atoms with Crippen LogP contribution in [-0.2, 0) is 6.54 Å². The molecule has 25 heavy (non-hydrogen) atoms. The van der Waals surface area contributed by atoms with E-state index in [1.807, 2.05) is 53.4 Å². The summed E-state index contributed by atoms with van der Waals surface area (Å²) in [7, 11) is 1.58. The van der Waals surface area contributed by atoms with Crippen molar-refractivity contribution in [2.75, 3.05) is 33.3 Å². The molecule has 1 saturated heterocycles. The minimum atomic E-state index is 0.0236. The first-order chi connectivity index (χ1) is 12.2. The highest BCUT2D eigenvalue weighted by Crippen LogP contribution is 2.20. The average Bonchev–Trinajstić information content (AvgIpc) is 2.68. The number of nitrogens with zero attached hydrogens (tertiary/aromatic N) is 3. The van der Waals surface area contributed by atoms with Crippen LogP contribution in [0.15, 0.2) is 48.5 Å². The lowest BCUT2D eigenvalue weighted by atomic mass is 10.1. The monoisotopic (exact) mass is 335 g/mol. The number of amides is 1. The van der Waals surface area contributed by atoms with E-state index < -0.39 is 0 Å². The third-order valence-corrected chi connectivity index (χ3v) is 4.49. The molecule has 5 nitrogen and oxygen atoms in total. The van der Waals surface area contributed by atoms with Crippen molar-refractivity contribution in [2.24, 2.45) is 0 Å². The number of benzene rings is 2. The molecule has 1 fully saturated rings. The summed E-state index contributed by atoms with van der Waals surface area (Å²) in [5.74, 6) is 0.642. The Morgan fingerprint density at radius 1 is 1.08 bits per heavy atom. The first-order valence-electron chi connectivity index (χ1n) is 8.35. The summed E-state index contributed by atoms with van der Waals surface area (Å²) < 4.78 is 5.30. The Kier molecular flexibility index (Phi) is 5.32. The molecule has 128 valence electrons. The number of para-hydroxylation sites is 1. The van der Waals surface area contributed by atoms with Gasteiger partial charge >= 0.3 is 0 Å². The highest BCUT2D eigenvalue weighted by atomic mass is 16.5. The zero-order valence-corrected chi connectivity index (χ0v) is 14.3. The second kappa shape index (κ2) is 7.82. The van der Waals surface area contributed by atoms with Crippen LogP contribution in [0.5, 0.6) is 5.75 Å². The molecule has 0 unspecified atom stereocenters. The summed E-state index contributed by atoms with van der Waals surface area (Å²) in [5, 5.41) is 8.86. The van der Waals surface area contributed by atoms with Gasteiger partial charge < -0.3 is 9.64 Å². The van der Waals surface area contributed by atoms with Crippen molar-refractivity contribution in [3.63, 3.8) is 0 Å². The molecule has 0 spiro atoms. The molecule has 2 aromatic carbocycles. The van der Waals surface area contributed by atoms with Crippen molar-refractivity contribution < 1.29 is 9.53 Å². The smallest absolute Gasteiger partial charge is 0.257 e. The van der Waals surface area contributed by atoms with Crippen molar-refractivity contribution in [1.29, 1.82) is 5.26 Å². The number of piperazine rings is 1. The van der Waals surface area contributed by atoms with Crippen LogP contribution in [0.2, 0.25) is 0 Å². The van der Waals surface area contributed by atoms with Crippen LogP contribution in [0.4, 0.5) is 0 Å². The molecule has 2 aromatic rings. The van der Waals surface area contributed by atoms with Gasteiger partial charge in [0.1, 0.15) is 5.75 Å². The molecule has 0 aliphatic carbocycles. The van der Waals surface area contributed by atoms with Crippen LogP contribution in [0.1, 0.15) is 21.5 Å². The molecule has 1 amide bonds. The number of nitriles is 1. The largest absolute Gasteiger partial charge is 0.496 e. The minimum Gasteiger partial charge on any atom is -0.496 e. The molecule has 0 atom stereocenters. The van der Waals surface area contributed by atoms with Gasteiger partial charge in [-0.1, -0.05) is 24.3 Å². The van der Waals surface area contributed by atoms with Gasteiger partial charge in [-0.3, -0.25) is 9.69 Å². The maximum Gasteiger partial charge on any atom is 0.257 e. The normalized spacial score (nSPS) is 14.8. The molecule has 1 aliphatic heterocycles. The van der Waals surface area contributed by atoms with Crippen molar-refractivity contribution in [2.45, 2.75) is 6.54 Å². The molecule has 1 heterocycles. The number of ether oxygens (including phenoxy) is 1. The molecule has 1 aliphatic rings. The van der Waals surface area contributed by atoms with E-state index in [2.05, 4.69) is 11.0 Å². The van der Waals surface area contributed by atoms with Crippen LogP contribution in [-0.4, -0.2) is 49.0 Å². The lowest BCUT2D eigenvalue weighted by Gasteiger charge is -2.35. The number of hydrogen-bond donors (Lipinski definition) is 0. The van der Waals surface area contributed by atoms with Crippen LogP contribution in [0, 0.1) is 11.3 Å². The van der Waals surface area contributed by atoms with E-state index in [1.54, 1.807) is 7.11 Å². The SMILES string of the molecule is COc1ccccc1C(=O)N1CCN(Cc2ccc(C#N)cc2)CC1. The van der Waals surface area contributed by atoms with Gasteiger partial charge in [-0.2, -0.15) is 5.26 Å². The molecule has 3 rings (SSSR count). The topological polar surface area (TPSA) is 56.6 Å². The second-order valence-corrected chi connectivity index (χ2v) is 6.08. The fraction of sp³-hybridized carbons (Fsp3) is 0.300. The summed E-state index contributed by atoms with van der Waals surface area (Å²) in [6, 6.07) is 17.2. The quantitative estimate of drug-likeness (QED) is 0.861. The molecule has 0 saturated carbocycles. The van der Waals surface area contributed by atoms with Gasteiger partial charge in [0, 0.05) is 32.7 Å². The predicted molar refractivity (Wildman–Crippen MR) is 95.3 cm³/mol. The fourth-order valence-corrected chi connectivity index (χ4v) is 3.04. The first-order valence-corrected chi connectivity index (χ1v) is 8.35. The van der Waals surface area contributed by atoms with Crippen molar-refractivity contribution in [3.05, 3.63) is 65.2 Å². The fourth-order valence-electron chi connectivity index (χ4n) is 3.04. The molecular formula is C20H21N3O2. The molecular weight excluding hydrogens is 314 g/mol. The summed E-state index contributed by atoms with van der Waals surface area (Å²) in [5.41, 5.74) is 2.48. The van der Waals surface area contributed by atoms with Crippen LogP contribution in [0.25, 0.3) is 0 Å². The standard InChI is InChI=1S/C20H21N3O2/c1-25-19-5-3-2-4-18(19)20(24)23-12-10-22(11-13-23)15-17-8-6-16(14-21)7-9-17/h2-9H,10-13,15H2,1H3. The van der Waals surface area contributed by atoms with Gasteiger partial charge in [-0.25, -0.2) is 0 Å². The highest BCUT2D eigenvalue weighted by molar-refractivity contribution is 5.97. The zero-order valence-electron chi connectivity index (χ0n) is 14.3. The maximum absolute atomic E-state index is 12.7. The van der Waals surface area contributed by atoms with E-state index in [4.69, 9.17) is 10.00 Å². The average molecular weight is 335 g/mol. The zero-order chi connectivity index (χ0) is 17.6. The molecule has 0 aromatic heterocycles. The van der Waals surface area contributed by atoms with Gasteiger partial charge in [0.2, 0.25) is 0 Å². The van der Waals surface area contributed by atoms with E-state index in [0.29, 0.717) is 30.0 Å². The third kappa shape index (κ3) is 3.98. The minimum absolute atomic E-state index is 0.0236. The Hall–Kier alpha value is -2.84. The van der Waals surface area contributed by atoms with E-state index >= 15 is 0 Å². The number of carbonyl (C=O) groups excluding carboxylic acids is 1. The molecule has 0 N–H and O–H groups in total. The summed E-state index contributed by atoms with van der Waals surface area (Å²) in [6.45, 7) is 3.91. The van der Waals surface area contributed by atoms with Gasteiger partial charge in [0.25, 0.3) is 5.91 Å². The second-order valence-electron chi connectivity index (χ2n) is 6.08. The number of carbonyl (C=O) groups is 1. The van der Waals surface area contributed by atoms with Crippen LogP contribution >= 0.6 is 0 Å². The van der Waals surface area contributed by atoms with Gasteiger partial charge in [0.05, 0.1) is 24.3 Å². The Labute approximate surface area is 148 Å². The molecule has 0 bridgehead atoms. The van der Waals surface area contributed by atoms with E-state index in [-0.39, 0.29) is 5.91 Å². The Morgan fingerprint density at radius 3 is 2.40 bits per heavy atom. The Balaban J connectivity index is 1.58. The van der Waals surface area contributed by atoms with Gasteiger partial charge in [-0.15, -0.1) is 0 Å².